The van der Waals surface area contributed by atoms with E-state index in [1.807, 2.05) is 32.9 Å². The number of nitriles is 2. The summed E-state index contributed by atoms with van der Waals surface area (Å²) in [5.41, 5.74) is -1.40. The second kappa shape index (κ2) is 4.48. The minimum atomic E-state index is -1.20. The van der Waals surface area contributed by atoms with Crippen molar-refractivity contribution in [2.24, 2.45) is 10.8 Å². The Morgan fingerprint density at radius 1 is 1.10 bits per heavy atom. The molecule has 0 N–H and O–H groups in total. The van der Waals surface area contributed by atoms with Crippen LogP contribution in [0.2, 0.25) is 5.02 Å². The summed E-state index contributed by atoms with van der Waals surface area (Å²) < 4.78 is 5.59. The third-order valence-corrected chi connectivity index (χ3v) is 5.35. The minimum absolute atomic E-state index is 0.216. The van der Waals surface area contributed by atoms with Gasteiger partial charge in [0.2, 0.25) is 0 Å². The van der Waals surface area contributed by atoms with Crippen LogP contribution >= 0.6 is 11.6 Å². The summed E-state index contributed by atoms with van der Waals surface area (Å²) >= 11 is 5.92. The summed E-state index contributed by atoms with van der Waals surface area (Å²) in [5.74, 6) is -0.216. The topological polar surface area (TPSA) is 56.8 Å². The molecule has 1 saturated carbocycles. The maximum Gasteiger partial charge on any atom is 0.180 e. The van der Waals surface area contributed by atoms with Crippen LogP contribution in [-0.2, 0) is 4.74 Å². The molecule has 1 aliphatic carbocycles. The Labute approximate surface area is 124 Å². The molecule has 1 aliphatic rings. The van der Waals surface area contributed by atoms with Gasteiger partial charge in [-0.05, 0) is 24.6 Å². The van der Waals surface area contributed by atoms with Gasteiger partial charge >= 0.3 is 0 Å². The summed E-state index contributed by atoms with van der Waals surface area (Å²) in [4.78, 5) is 0. The van der Waals surface area contributed by atoms with Crippen molar-refractivity contribution in [3.63, 3.8) is 0 Å². The first-order valence-electron chi connectivity index (χ1n) is 6.44. The van der Waals surface area contributed by atoms with Gasteiger partial charge in [-0.25, -0.2) is 0 Å². The minimum Gasteiger partial charge on any atom is -0.375 e. The quantitative estimate of drug-likeness (QED) is 0.829. The maximum atomic E-state index is 9.64. The lowest BCUT2D eigenvalue weighted by molar-refractivity contribution is -0.237. The maximum absolute atomic E-state index is 9.64. The molecule has 0 radical (unpaired) electrons. The van der Waals surface area contributed by atoms with Crippen LogP contribution in [0, 0.1) is 33.5 Å². The second-order valence-corrected chi connectivity index (χ2v) is 6.41. The fourth-order valence-corrected chi connectivity index (χ4v) is 3.76. The molecule has 2 atom stereocenters. The smallest absolute Gasteiger partial charge is 0.180 e. The molecule has 1 aromatic carbocycles. The van der Waals surface area contributed by atoms with E-state index in [0.717, 1.165) is 5.56 Å². The molecule has 1 aromatic rings. The van der Waals surface area contributed by atoms with Crippen LogP contribution < -0.4 is 0 Å². The van der Waals surface area contributed by atoms with E-state index in [-0.39, 0.29) is 11.3 Å². The van der Waals surface area contributed by atoms with Gasteiger partial charge in [0.05, 0.1) is 12.1 Å². The van der Waals surface area contributed by atoms with E-state index in [4.69, 9.17) is 16.3 Å². The van der Waals surface area contributed by atoms with E-state index in [2.05, 4.69) is 12.1 Å². The van der Waals surface area contributed by atoms with Crippen molar-refractivity contribution in [1.29, 1.82) is 10.5 Å². The summed E-state index contributed by atoms with van der Waals surface area (Å²) in [6.45, 7) is 5.90. The summed E-state index contributed by atoms with van der Waals surface area (Å²) in [5, 5.41) is 19.9. The molecule has 3 nitrogen and oxygen atoms in total. The predicted molar refractivity (Wildman–Crippen MR) is 77.0 cm³/mol. The van der Waals surface area contributed by atoms with Crippen molar-refractivity contribution in [3.05, 3.63) is 34.9 Å². The van der Waals surface area contributed by atoms with Crippen LogP contribution in [0.5, 0.6) is 0 Å². The highest BCUT2D eigenvalue weighted by atomic mass is 35.5. The van der Waals surface area contributed by atoms with E-state index in [9.17, 15) is 10.5 Å². The first-order valence-corrected chi connectivity index (χ1v) is 6.81. The molecule has 2 rings (SSSR count). The highest BCUT2D eigenvalue weighted by Gasteiger charge is 2.76. The first kappa shape index (κ1) is 14.9. The monoisotopic (exact) mass is 288 g/mol. The zero-order valence-electron chi connectivity index (χ0n) is 12.1. The average Bonchev–Trinajstić information content (AvgIpc) is 2.44. The molecule has 0 saturated heterocycles. The van der Waals surface area contributed by atoms with Crippen LogP contribution in [0.1, 0.15) is 32.3 Å². The van der Waals surface area contributed by atoms with E-state index in [1.165, 1.54) is 0 Å². The van der Waals surface area contributed by atoms with Crippen LogP contribution in [-0.4, -0.2) is 12.7 Å². The van der Waals surface area contributed by atoms with Crippen molar-refractivity contribution >= 4 is 11.6 Å². The number of benzene rings is 1. The van der Waals surface area contributed by atoms with Crippen molar-refractivity contribution in [2.75, 3.05) is 7.11 Å². The van der Waals surface area contributed by atoms with Crippen molar-refractivity contribution < 1.29 is 4.74 Å². The van der Waals surface area contributed by atoms with Gasteiger partial charge < -0.3 is 4.74 Å². The number of nitrogens with zero attached hydrogens (tertiary/aromatic N) is 2. The molecule has 20 heavy (non-hydrogen) atoms. The van der Waals surface area contributed by atoms with Gasteiger partial charge in [0, 0.05) is 23.5 Å². The lowest BCUT2D eigenvalue weighted by Gasteiger charge is -2.66. The zero-order valence-corrected chi connectivity index (χ0v) is 12.8. The summed E-state index contributed by atoms with van der Waals surface area (Å²) in [7, 11) is 1.56. The Morgan fingerprint density at radius 3 is 2.00 bits per heavy atom. The lowest BCUT2D eigenvalue weighted by atomic mass is 9.37. The third-order valence-electron chi connectivity index (χ3n) is 5.10. The average molecular weight is 289 g/mol. The molecule has 1 fully saturated rings. The standard InChI is InChI=1S/C16H17ClN2O/c1-14(2)13(11-5-7-12(17)8-6-11)16(9-18,10-19)15(14,3)20-4/h5-8,13H,1-4H3/t13-,15-/m1/s1. The number of ether oxygens (including phenoxy) is 1. The van der Waals surface area contributed by atoms with Crippen LogP contribution in [0.15, 0.2) is 24.3 Å². The molecule has 0 aliphatic heterocycles. The van der Waals surface area contributed by atoms with E-state index < -0.39 is 11.0 Å². The van der Waals surface area contributed by atoms with Gasteiger partial charge in [0.1, 0.15) is 5.60 Å². The third kappa shape index (κ3) is 1.48. The molecular formula is C16H17ClN2O. The molecule has 0 aromatic heterocycles. The summed E-state index contributed by atoms with van der Waals surface area (Å²) in [6.07, 6.45) is 0. The number of hydrogen-bond donors (Lipinski definition) is 0. The first-order chi connectivity index (χ1) is 9.30. The highest BCUT2D eigenvalue weighted by Crippen LogP contribution is 2.71. The number of rotatable bonds is 2. The van der Waals surface area contributed by atoms with Gasteiger partial charge in [-0.1, -0.05) is 37.6 Å². The van der Waals surface area contributed by atoms with Gasteiger partial charge in [0.25, 0.3) is 0 Å². The molecular weight excluding hydrogens is 272 g/mol. The number of halogens is 1. The highest BCUT2D eigenvalue weighted by molar-refractivity contribution is 6.30. The Kier molecular flexibility index (Phi) is 3.33. The molecule has 0 heterocycles. The number of methoxy groups -OCH3 is 1. The molecule has 0 bridgehead atoms. The van der Waals surface area contributed by atoms with Gasteiger partial charge in [0.15, 0.2) is 5.41 Å². The normalized spacial score (nSPS) is 29.9. The fraction of sp³-hybridized carbons (Fsp3) is 0.500. The largest absolute Gasteiger partial charge is 0.375 e. The lowest BCUT2D eigenvalue weighted by Crippen LogP contribution is -2.72. The van der Waals surface area contributed by atoms with E-state index in [1.54, 1.807) is 19.2 Å². The van der Waals surface area contributed by atoms with Crippen LogP contribution in [0.4, 0.5) is 0 Å². The molecule has 0 spiro atoms. The Balaban J connectivity index is 2.61. The van der Waals surface area contributed by atoms with E-state index >= 15 is 0 Å². The van der Waals surface area contributed by atoms with Crippen LogP contribution in [0.25, 0.3) is 0 Å². The Hall–Kier alpha value is -1.55. The molecule has 104 valence electrons. The molecule has 4 heteroatoms. The Bertz CT molecular complexity index is 595. The zero-order chi connectivity index (χ0) is 15.2. The van der Waals surface area contributed by atoms with Gasteiger partial charge in [-0.2, -0.15) is 10.5 Å². The van der Waals surface area contributed by atoms with E-state index in [0.29, 0.717) is 5.02 Å². The van der Waals surface area contributed by atoms with Crippen molar-refractivity contribution in [3.8, 4) is 12.1 Å². The van der Waals surface area contributed by atoms with Crippen LogP contribution in [0.3, 0.4) is 0 Å². The van der Waals surface area contributed by atoms with Crippen molar-refractivity contribution in [2.45, 2.75) is 32.3 Å². The predicted octanol–water partition coefficient (Wildman–Crippen LogP) is 3.90. The fourth-order valence-electron chi connectivity index (χ4n) is 3.64. The van der Waals surface area contributed by atoms with Gasteiger partial charge in [-0.15, -0.1) is 0 Å². The molecule has 0 amide bonds. The second-order valence-electron chi connectivity index (χ2n) is 5.98. The van der Waals surface area contributed by atoms with Gasteiger partial charge in [-0.3, -0.25) is 0 Å². The Morgan fingerprint density at radius 2 is 1.60 bits per heavy atom. The SMILES string of the molecule is CO[C@]1(C)C(C)(C)[C@@H](c2ccc(Cl)cc2)C1(C#N)C#N. The number of hydrogen-bond acceptors (Lipinski definition) is 3. The summed E-state index contributed by atoms with van der Waals surface area (Å²) in [6, 6.07) is 11.7. The molecule has 0 unspecified atom stereocenters. The van der Waals surface area contributed by atoms with Crippen molar-refractivity contribution in [1.82, 2.24) is 0 Å².